The van der Waals surface area contributed by atoms with E-state index < -0.39 is 0 Å². The molecule has 0 radical (unpaired) electrons. The molecule has 0 aliphatic rings. The van der Waals surface area contributed by atoms with E-state index in [2.05, 4.69) is 16.9 Å². The molecule has 3 rings (SSSR count). The molecule has 0 atom stereocenters. The quantitative estimate of drug-likeness (QED) is 0.701. The summed E-state index contributed by atoms with van der Waals surface area (Å²) in [5.41, 5.74) is 1.93. The van der Waals surface area contributed by atoms with E-state index in [1.165, 1.54) is 6.07 Å². The van der Waals surface area contributed by atoms with E-state index in [1.54, 1.807) is 81.0 Å². The summed E-state index contributed by atoms with van der Waals surface area (Å²) in [4.78, 5) is 15.3. The third kappa shape index (κ3) is 6.08. The molecule has 4 nitrogen and oxygen atoms in total. The monoisotopic (exact) mass is 364 g/mol. The predicted octanol–water partition coefficient (Wildman–Crippen LogP) is 5.09. The van der Waals surface area contributed by atoms with Crippen LogP contribution in [0.25, 0.3) is 5.57 Å². The molecule has 138 valence electrons. The smallest absolute Gasteiger partial charge is 0.251 e. The van der Waals surface area contributed by atoms with Crippen molar-refractivity contribution in [3.05, 3.63) is 96.6 Å². The fraction of sp³-hybridized carbons (Fsp3) is 0.0909. The van der Waals surface area contributed by atoms with Gasteiger partial charge in [0.05, 0.1) is 0 Å². The summed E-state index contributed by atoms with van der Waals surface area (Å²) in [7, 11) is 1.60. The van der Waals surface area contributed by atoms with Crippen LogP contribution in [0.1, 0.15) is 22.8 Å². The Kier molecular flexibility index (Phi) is 7.26. The van der Waals surface area contributed by atoms with Gasteiger partial charge in [-0.25, -0.2) is 4.39 Å². The lowest BCUT2D eigenvalue weighted by Crippen LogP contribution is -2.17. The number of benzene rings is 2. The molecule has 1 heterocycles. The maximum atomic E-state index is 12.8. The van der Waals surface area contributed by atoms with Gasteiger partial charge in [-0.2, -0.15) is 0 Å². The maximum absolute atomic E-state index is 12.8. The summed E-state index contributed by atoms with van der Waals surface area (Å²) in [6.45, 7) is 5.44. The molecule has 0 aliphatic heterocycles. The molecule has 1 amide bonds. The Morgan fingerprint density at radius 1 is 1.04 bits per heavy atom. The zero-order chi connectivity index (χ0) is 19.6. The fourth-order valence-electron chi connectivity index (χ4n) is 2.19. The van der Waals surface area contributed by atoms with Crippen LogP contribution >= 0.6 is 0 Å². The highest BCUT2D eigenvalue weighted by Gasteiger charge is 2.04. The lowest BCUT2D eigenvalue weighted by atomic mass is 10.1. The first-order chi connectivity index (χ1) is 13.0. The van der Waals surface area contributed by atoms with Crippen molar-refractivity contribution < 1.29 is 13.9 Å². The van der Waals surface area contributed by atoms with E-state index in [0.29, 0.717) is 22.6 Å². The summed E-state index contributed by atoms with van der Waals surface area (Å²) < 4.78 is 18.4. The van der Waals surface area contributed by atoms with E-state index in [9.17, 15) is 9.18 Å². The van der Waals surface area contributed by atoms with Crippen LogP contribution in [0.3, 0.4) is 0 Å². The average Bonchev–Trinajstić information content (AvgIpc) is 2.69. The van der Waals surface area contributed by atoms with Crippen molar-refractivity contribution in [1.82, 2.24) is 10.3 Å². The Bertz CT molecular complexity index is 911. The van der Waals surface area contributed by atoms with Crippen LogP contribution < -0.4 is 10.1 Å². The first kappa shape index (κ1) is 19.8. The maximum Gasteiger partial charge on any atom is 0.251 e. The lowest BCUT2D eigenvalue weighted by Gasteiger charge is -2.06. The second kappa shape index (κ2) is 9.87. The van der Waals surface area contributed by atoms with Crippen molar-refractivity contribution in [2.75, 3.05) is 7.05 Å². The Balaban J connectivity index is 0.000000223. The highest BCUT2D eigenvalue weighted by Crippen LogP contribution is 2.21. The second-order valence-corrected chi connectivity index (χ2v) is 5.65. The molecule has 1 N–H and O–H groups in total. The Labute approximate surface area is 158 Å². The molecule has 0 bridgehead atoms. The molecule has 0 saturated heterocycles. The number of pyridine rings is 1. The number of nitrogens with one attached hydrogen (secondary N) is 1. The number of ether oxygens (including phenoxy) is 1. The van der Waals surface area contributed by atoms with E-state index in [4.69, 9.17) is 4.74 Å². The summed E-state index contributed by atoms with van der Waals surface area (Å²) in [6.07, 6.45) is 3.30. The van der Waals surface area contributed by atoms with Crippen LogP contribution in [0.4, 0.5) is 4.39 Å². The van der Waals surface area contributed by atoms with Gasteiger partial charge >= 0.3 is 0 Å². The van der Waals surface area contributed by atoms with Crippen LogP contribution in [-0.4, -0.2) is 17.9 Å². The minimum Gasteiger partial charge on any atom is -0.457 e. The van der Waals surface area contributed by atoms with Gasteiger partial charge in [-0.15, -0.1) is 0 Å². The second-order valence-electron chi connectivity index (χ2n) is 5.65. The minimum absolute atomic E-state index is 0.134. The number of aromatic nitrogens is 1. The van der Waals surface area contributed by atoms with Gasteiger partial charge < -0.3 is 10.1 Å². The zero-order valence-corrected chi connectivity index (χ0v) is 15.3. The van der Waals surface area contributed by atoms with Crippen molar-refractivity contribution >= 4 is 11.5 Å². The zero-order valence-electron chi connectivity index (χ0n) is 15.3. The van der Waals surface area contributed by atoms with Crippen LogP contribution in [0.15, 0.2) is 79.6 Å². The number of halogens is 1. The number of nitrogens with zero attached hydrogens (tertiary/aromatic N) is 1. The molecule has 1 aromatic heterocycles. The first-order valence-corrected chi connectivity index (χ1v) is 8.31. The van der Waals surface area contributed by atoms with Crippen LogP contribution in [-0.2, 0) is 0 Å². The van der Waals surface area contributed by atoms with Gasteiger partial charge in [0.15, 0.2) is 0 Å². The summed E-state index contributed by atoms with van der Waals surface area (Å²) in [5.74, 6) is 0.978. The van der Waals surface area contributed by atoms with Gasteiger partial charge in [0.1, 0.15) is 17.3 Å². The highest BCUT2D eigenvalue weighted by molar-refractivity contribution is 5.94. The number of carbonyl (C=O) groups is 1. The number of hydrogen-bond acceptors (Lipinski definition) is 3. The third-order valence-corrected chi connectivity index (χ3v) is 3.54. The average molecular weight is 364 g/mol. The van der Waals surface area contributed by atoms with Crippen LogP contribution in [0.5, 0.6) is 11.5 Å². The number of allylic oxidation sites excluding steroid dienone is 1. The van der Waals surface area contributed by atoms with E-state index in [0.717, 1.165) is 5.57 Å². The van der Waals surface area contributed by atoms with Crippen molar-refractivity contribution in [3.8, 4) is 11.5 Å². The summed E-state index contributed by atoms with van der Waals surface area (Å²) >= 11 is 0. The van der Waals surface area contributed by atoms with Gasteiger partial charge in [-0.05, 0) is 48.9 Å². The molecule has 0 spiro atoms. The standard InChI is InChI=1S/C13H12N2O2.C9H9F/c1-14-13(16)10-3-2-4-12(9-10)17-11-5-7-15-8-6-11;1-7(2)8-5-3-4-6-9(8)10/h2-9H,1H3,(H,14,16);3-6H,1H2,2H3. The molecular weight excluding hydrogens is 343 g/mol. The Hall–Kier alpha value is -3.47. The first-order valence-electron chi connectivity index (χ1n) is 8.31. The van der Waals surface area contributed by atoms with Crippen LogP contribution in [0.2, 0.25) is 0 Å². The van der Waals surface area contributed by atoms with E-state index >= 15 is 0 Å². The molecular formula is C22H21FN2O2. The van der Waals surface area contributed by atoms with Crippen molar-refractivity contribution in [2.24, 2.45) is 0 Å². The van der Waals surface area contributed by atoms with Crippen LogP contribution in [0, 0.1) is 5.82 Å². The molecule has 0 aliphatic carbocycles. The SMILES string of the molecule is C=C(C)c1ccccc1F.CNC(=O)c1cccc(Oc2ccncc2)c1. The Morgan fingerprint density at radius 2 is 1.74 bits per heavy atom. The number of hydrogen-bond donors (Lipinski definition) is 1. The van der Waals surface area contributed by atoms with Gasteiger partial charge in [0.2, 0.25) is 0 Å². The van der Waals surface area contributed by atoms with Gasteiger partial charge in [0, 0.05) is 30.6 Å². The lowest BCUT2D eigenvalue weighted by molar-refractivity contribution is 0.0963. The molecule has 3 aromatic rings. The number of amides is 1. The van der Waals surface area contributed by atoms with Crippen molar-refractivity contribution in [1.29, 1.82) is 0 Å². The summed E-state index contributed by atoms with van der Waals surface area (Å²) in [5, 5.41) is 2.57. The molecule has 0 fully saturated rings. The summed E-state index contributed by atoms with van der Waals surface area (Å²) in [6, 6.07) is 17.1. The number of rotatable bonds is 4. The fourth-order valence-corrected chi connectivity index (χ4v) is 2.19. The van der Waals surface area contributed by atoms with Crippen molar-refractivity contribution in [2.45, 2.75) is 6.92 Å². The molecule has 2 aromatic carbocycles. The van der Waals surface area contributed by atoms with Gasteiger partial charge in [-0.3, -0.25) is 9.78 Å². The van der Waals surface area contributed by atoms with E-state index in [1.807, 2.05) is 0 Å². The Morgan fingerprint density at radius 3 is 2.33 bits per heavy atom. The van der Waals surface area contributed by atoms with Crippen molar-refractivity contribution in [3.63, 3.8) is 0 Å². The molecule has 27 heavy (non-hydrogen) atoms. The normalized spacial score (nSPS) is 9.59. The largest absolute Gasteiger partial charge is 0.457 e. The van der Waals surface area contributed by atoms with Gasteiger partial charge in [0.25, 0.3) is 5.91 Å². The third-order valence-electron chi connectivity index (χ3n) is 3.54. The molecule has 5 heteroatoms. The molecule has 0 unspecified atom stereocenters. The topological polar surface area (TPSA) is 51.2 Å². The van der Waals surface area contributed by atoms with E-state index in [-0.39, 0.29) is 11.7 Å². The highest BCUT2D eigenvalue weighted by atomic mass is 19.1. The molecule has 0 saturated carbocycles. The minimum atomic E-state index is -0.199. The predicted molar refractivity (Wildman–Crippen MR) is 105 cm³/mol. The van der Waals surface area contributed by atoms with Gasteiger partial charge in [-0.1, -0.05) is 30.8 Å². The number of carbonyl (C=O) groups excluding carboxylic acids is 1.